The van der Waals surface area contributed by atoms with Crippen LogP contribution in [0.1, 0.15) is 11.1 Å². The maximum atomic E-state index is 12.9. The summed E-state index contributed by atoms with van der Waals surface area (Å²) in [5, 5.41) is 10.1. The molecule has 1 N–H and O–H groups in total. The molecular formula is C20H18O5S2. The molecule has 27 heavy (non-hydrogen) atoms. The minimum Gasteiger partial charge on any atom is -0.507 e. The number of rotatable bonds is 4. The summed E-state index contributed by atoms with van der Waals surface area (Å²) in [4.78, 5) is -0.600. The van der Waals surface area contributed by atoms with Gasteiger partial charge in [0.15, 0.2) is 0 Å². The molecule has 0 unspecified atom stereocenters. The van der Waals surface area contributed by atoms with Crippen LogP contribution in [0.2, 0.25) is 0 Å². The molecule has 0 amide bonds. The van der Waals surface area contributed by atoms with Crippen molar-refractivity contribution in [3.63, 3.8) is 0 Å². The molecule has 0 aliphatic rings. The Hall–Kier alpha value is -2.64. The summed E-state index contributed by atoms with van der Waals surface area (Å²) >= 11 is 0. The Labute approximate surface area is 158 Å². The Morgan fingerprint density at radius 3 is 1.85 bits per heavy atom. The van der Waals surface area contributed by atoms with Gasteiger partial charge in [-0.3, -0.25) is 0 Å². The van der Waals surface area contributed by atoms with Crippen molar-refractivity contribution in [3.05, 3.63) is 77.9 Å². The lowest BCUT2D eigenvalue weighted by molar-refractivity contribution is 0.458. The highest BCUT2D eigenvalue weighted by atomic mass is 32.2. The monoisotopic (exact) mass is 402 g/mol. The number of phenols is 1. The molecule has 0 spiro atoms. The summed E-state index contributed by atoms with van der Waals surface area (Å²) in [5.74, 6) is -0.502. The largest absolute Gasteiger partial charge is 0.507 e. The second-order valence-electron chi connectivity index (χ2n) is 6.20. The van der Waals surface area contributed by atoms with Crippen LogP contribution in [0.5, 0.6) is 5.75 Å². The number of benzene rings is 3. The standard InChI is InChI=1S/C20H18O5S2/c1-14-8-9-17(12-15(14)2)26(22,23)18-10-11-19(21)20(13-18)27(24,25)16-6-4-3-5-7-16/h3-13,21H,1-2H3. The van der Waals surface area contributed by atoms with Gasteiger partial charge < -0.3 is 5.11 Å². The van der Waals surface area contributed by atoms with Gasteiger partial charge >= 0.3 is 0 Å². The fourth-order valence-electron chi connectivity index (χ4n) is 2.62. The van der Waals surface area contributed by atoms with Gasteiger partial charge in [-0.05, 0) is 67.4 Å². The van der Waals surface area contributed by atoms with E-state index in [1.54, 1.807) is 37.3 Å². The van der Waals surface area contributed by atoms with Crippen LogP contribution >= 0.6 is 0 Å². The first-order valence-electron chi connectivity index (χ1n) is 8.09. The van der Waals surface area contributed by atoms with E-state index in [1.807, 2.05) is 6.92 Å². The predicted molar refractivity (Wildman–Crippen MR) is 101 cm³/mol. The third-order valence-electron chi connectivity index (χ3n) is 4.37. The van der Waals surface area contributed by atoms with E-state index >= 15 is 0 Å². The van der Waals surface area contributed by atoms with Crippen LogP contribution in [0.25, 0.3) is 0 Å². The van der Waals surface area contributed by atoms with E-state index in [4.69, 9.17) is 0 Å². The normalized spacial score (nSPS) is 12.1. The zero-order valence-corrected chi connectivity index (χ0v) is 16.4. The van der Waals surface area contributed by atoms with Gasteiger partial charge in [0.05, 0.1) is 14.7 Å². The number of phenolic OH excluding ortho intramolecular Hbond substituents is 1. The molecule has 0 atom stereocenters. The Bertz CT molecular complexity index is 1210. The summed E-state index contributed by atoms with van der Waals surface area (Å²) in [6, 6.07) is 15.6. The van der Waals surface area contributed by atoms with Crippen LogP contribution in [0.3, 0.4) is 0 Å². The topological polar surface area (TPSA) is 88.5 Å². The van der Waals surface area contributed by atoms with Crippen LogP contribution < -0.4 is 0 Å². The van der Waals surface area contributed by atoms with Crippen molar-refractivity contribution >= 4 is 19.7 Å². The van der Waals surface area contributed by atoms with Crippen LogP contribution in [-0.4, -0.2) is 21.9 Å². The zero-order chi connectivity index (χ0) is 19.8. The van der Waals surface area contributed by atoms with Crippen LogP contribution in [-0.2, 0) is 19.7 Å². The average molecular weight is 402 g/mol. The lowest BCUT2D eigenvalue weighted by atomic mass is 10.1. The van der Waals surface area contributed by atoms with E-state index < -0.39 is 30.3 Å². The minimum atomic E-state index is -4.06. The molecule has 0 saturated heterocycles. The maximum absolute atomic E-state index is 12.9. The molecule has 0 radical (unpaired) electrons. The molecule has 0 saturated carbocycles. The Morgan fingerprint density at radius 1 is 0.630 bits per heavy atom. The number of hydrogen-bond donors (Lipinski definition) is 1. The fraction of sp³-hybridized carbons (Fsp3) is 0.100. The van der Waals surface area contributed by atoms with Crippen molar-refractivity contribution in [1.82, 2.24) is 0 Å². The van der Waals surface area contributed by atoms with Crippen LogP contribution in [0.15, 0.2) is 86.3 Å². The molecular weight excluding hydrogens is 384 g/mol. The lowest BCUT2D eigenvalue weighted by Crippen LogP contribution is -2.07. The molecule has 0 fully saturated rings. The number of aromatic hydroxyl groups is 1. The molecule has 3 rings (SSSR count). The highest BCUT2D eigenvalue weighted by molar-refractivity contribution is 7.92. The molecule has 0 bridgehead atoms. The maximum Gasteiger partial charge on any atom is 0.210 e. The number of aryl methyl sites for hydroxylation is 2. The molecule has 0 aliphatic heterocycles. The van der Waals surface area contributed by atoms with Gasteiger partial charge in [0, 0.05) is 0 Å². The van der Waals surface area contributed by atoms with Gasteiger partial charge in [-0.2, -0.15) is 0 Å². The molecule has 7 heteroatoms. The van der Waals surface area contributed by atoms with Gasteiger partial charge in [-0.1, -0.05) is 24.3 Å². The second kappa shape index (κ2) is 6.83. The number of sulfone groups is 2. The second-order valence-corrected chi connectivity index (χ2v) is 10.1. The van der Waals surface area contributed by atoms with Crippen molar-refractivity contribution in [3.8, 4) is 5.75 Å². The highest BCUT2D eigenvalue weighted by Crippen LogP contribution is 2.33. The van der Waals surface area contributed by atoms with Crippen molar-refractivity contribution in [2.45, 2.75) is 33.4 Å². The van der Waals surface area contributed by atoms with E-state index in [0.29, 0.717) is 0 Å². The summed E-state index contributed by atoms with van der Waals surface area (Å²) in [6.07, 6.45) is 0. The minimum absolute atomic E-state index is 0.0268. The Morgan fingerprint density at radius 2 is 1.22 bits per heavy atom. The molecule has 140 valence electrons. The average Bonchev–Trinajstić information content (AvgIpc) is 2.64. The Balaban J connectivity index is 2.17. The van der Waals surface area contributed by atoms with Gasteiger partial charge in [-0.25, -0.2) is 16.8 Å². The molecule has 5 nitrogen and oxygen atoms in total. The van der Waals surface area contributed by atoms with E-state index in [0.717, 1.165) is 23.3 Å². The van der Waals surface area contributed by atoms with Crippen molar-refractivity contribution in [2.75, 3.05) is 0 Å². The van der Waals surface area contributed by atoms with Crippen molar-refractivity contribution in [1.29, 1.82) is 0 Å². The summed E-state index contributed by atoms with van der Waals surface area (Å²) in [6.45, 7) is 3.67. The summed E-state index contributed by atoms with van der Waals surface area (Å²) in [5.41, 5.74) is 1.76. The molecule has 0 aliphatic carbocycles. The number of hydrogen-bond acceptors (Lipinski definition) is 5. The first kappa shape index (κ1) is 19.1. The first-order chi connectivity index (χ1) is 12.6. The summed E-state index contributed by atoms with van der Waals surface area (Å²) < 4.78 is 51.5. The van der Waals surface area contributed by atoms with E-state index in [9.17, 15) is 21.9 Å². The van der Waals surface area contributed by atoms with E-state index in [-0.39, 0.29) is 14.7 Å². The van der Waals surface area contributed by atoms with Gasteiger partial charge in [0.1, 0.15) is 10.6 Å². The smallest absolute Gasteiger partial charge is 0.210 e. The Kier molecular flexibility index (Phi) is 4.84. The lowest BCUT2D eigenvalue weighted by Gasteiger charge is -2.11. The van der Waals surface area contributed by atoms with Gasteiger partial charge in [-0.15, -0.1) is 0 Å². The van der Waals surface area contributed by atoms with Crippen molar-refractivity contribution < 1.29 is 21.9 Å². The third kappa shape index (κ3) is 3.48. The summed E-state index contributed by atoms with van der Waals surface area (Å²) in [7, 11) is -8.00. The van der Waals surface area contributed by atoms with Gasteiger partial charge in [0.2, 0.25) is 19.7 Å². The molecule has 3 aromatic rings. The van der Waals surface area contributed by atoms with E-state index in [1.165, 1.54) is 24.3 Å². The molecule has 0 aromatic heterocycles. The quantitative estimate of drug-likeness (QED) is 0.719. The SMILES string of the molecule is Cc1ccc(S(=O)(=O)c2ccc(O)c(S(=O)(=O)c3ccccc3)c2)cc1C. The molecule has 3 aromatic carbocycles. The zero-order valence-electron chi connectivity index (χ0n) is 14.7. The van der Waals surface area contributed by atoms with Crippen LogP contribution in [0, 0.1) is 13.8 Å². The van der Waals surface area contributed by atoms with E-state index in [2.05, 4.69) is 0 Å². The fourth-order valence-corrected chi connectivity index (χ4v) is 5.46. The highest BCUT2D eigenvalue weighted by Gasteiger charge is 2.26. The third-order valence-corrected chi connectivity index (χ3v) is 7.92. The predicted octanol–water partition coefficient (Wildman–Crippen LogP) is 3.67. The molecule has 0 heterocycles. The van der Waals surface area contributed by atoms with Crippen molar-refractivity contribution in [2.24, 2.45) is 0 Å². The van der Waals surface area contributed by atoms with Crippen LogP contribution in [0.4, 0.5) is 0 Å². The first-order valence-corrected chi connectivity index (χ1v) is 11.1. The van der Waals surface area contributed by atoms with Gasteiger partial charge in [0.25, 0.3) is 0 Å².